The number of hydrogen-bond donors (Lipinski definition) is 0. The van der Waals surface area contributed by atoms with Crippen LogP contribution in [0.2, 0.25) is 0 Å². The highest BCUT2D eigenvalue weighted by Gasteiger charge is 2.34. The van der Waals surface area contributed by atoms with E-state index in [4.69, 9.17) is 0 Å². The Kier molecular flexibility index (Phi) is 4.39. The second-order valence-corrected chi connectivity index (χ2v) is 6.03. The molecule has 1 aromatic heterocycles. The maximum atomic E-state index is 13.1. The van der Waals surface area contributed by atoms with Gasteiger partial charge in [0.1, 0.15) is 12.2 Å². The Balaban J connectivity index is 1.75. The first kappa shape index (κ1) is 16.0. The van der Waals surface area contributed by atoms with Crippen LogP contribution in [0.5, 0.6) is 0 Å². The van der Waals surface area contributed by atoms with E-state index in [-0.39, 0.29) is 5.92 Å². The molecule has 2 heterocycles. The van der Waals surface area contributed by atoms with Crippen molar-refractivity contribution < 1.29 is 13.2 Å². The molecular weight excluding hydrogens is 305 g/mol. The lowest BCUT2D eigenvalue weighted by atomic mass is 9.96. The average Bonchev–Trinajstić information content (AvgIpc) is 2.93. The van der Waals surface area contributed by atoms with E-state index in [0.717, 1.165) is 31.3 Å². The molecule has 0 radical (unpaired) electrons. The standard InChI is InChI=1S/C16H19F3N4/c1-22-11-20-21-15(22)13-6-4-8-23(10-13)9-12-5-2-3-7-14(12)16(17,18)19/h2-3,5,7,11,13H,4,6,8-10H2,1H3. The van der Waals surface area contributed by atoms with Gasteiger partial charge < -0.3 is 4.57 Å². The van der Waals surface area contributed by atoms with Gasteiger partial charge in [0, 0.05) is 26.1 Å². The Labute approximate surface area is 132 Å². The quantitative estimate of drug-likeness (QED) is 0.869. The summed E-state index contributed by atoms with van der Waals surface area (Å²) in [7, 11) is 1.90. The third-order valence-electron chi connectivity index (χ3n) is 4.33. The van der Waals surface area contributed by atoms with Crippen molar-refractivity contribution in [2.24, 2.45) is 7.05 Å². The molecule has 0 amide bonds. The van der Waals surface area contributed by atoms with Gasteiger partial charge in [0.05, 0.1) is 5.56 Å². The predicted molar refractivity (Wildman–Crippen MR) is 79.7 cm³/mol. The first-order valence-electron chi connectivity index (χ1n) is 7.66. The van der Waals surface area contributed by atoms with Crippen LogP contribution >= 0.6 is 0 Å². The summed E-state index contributed by atoms with van der Waals surface area (Å²) in [4.78, 5) is 2.08. The van der Waals surface area contributed by atoms with E-state index in [2.05, 4.69) is 15.1 Å². The molecule has 1 unspecified atom stereocenters. The van der Waals surface area contributed by atoms with Gasteiger partial charge in [-0.05, 0) is 31.0 Å². The predicted octanol–water partition coefficient (Wildman–Crippen LogP) is 3.21. The number of nitrogens with zero attached hydrogens (tertiary/aromatic N) is 4. The van der Waals surface area contributed by atoms with Crippen LogP contribution in [0.15, 0.2) is 30.6 Å². The molecular formula is C16H19F3N4. The first-order valence-corrected chi connectivity index (χ1v) is 7.66. The van der Waals surface area contributed by atoms with Crippen molar-refractivity contribution in [3.8, 4) is 0 Å². The monoisotopic (exact) mass is 324 g/mol. The van der Waals surface area contributed by atoms with Crippen LogP contribution in [0, 0.1) is 0 Å². The van der Waals surface area contributed by atoms with E-state index in [0.29, 0.717) is 18.7 Å². The molecule has 1 atom stereocenters. The van der Waals surface area contributed by atoms with Crippen molar-refractivity contribution >= 4 is 0 Å². The highest BCUT2D eigenvalue weighted by molar-refractivity contribution is 5.29. The van der Waals surface area contributed by atoms with E-state index in [1.54, 1.807) is 18.5 Å². The van der Waals surface area contributed by atoms with E-state index in [9.17, 15) is 13.2 Å². The highest BCUT2D eigenvalue weighted by atomic mass is 19.4. The summed E-state index contributed by atoms with van der Waals surface area (Å²) in [6, 6.07) is 5.81. The van der Waals surface area contributed by atoms with Gasteiger partial charge in [0.2, 0.25) is 0 Å². The minimum Gasteiger partial charge on any atom is -0.320 e. The van der Waals surface area contributed by atoms with Crippen molar-refractivity contribution in [1.29, 1.82) is 0 Å². The molecule has 1 aromatic carbocycles. The van der Waals surface area contributed by atoms with E-state index >= 15 is 0 Å². The second kappa shape index (κ2) is 6.31. The van der Waals surface area contributed by atoms with Gasteiger partial charge in [0.25, 0.3) is 0 Å². The molecule has 7 heteroatoms. The van der Waals surface area contributed by atoms with Gasteiger partial charge in [-0.2, -0.15) is 13.2 Å². The maximum Gasteiger partial charge on any atom is 0.416 e. The third-order valence-corrected chi connectivity index (χ3v) is 4.33. The van der Waals surface area contributed by atoms with Gasteiger partial charge in [-0.3, -0.25) is 4.90 Å². The molecule has 1 fully saturated rings. The summed E-state index contributed by atoms with van der Waals surface area (Å²) in [5.41, 5.74) is -0.209. The molecule has 1 aliphatic heterocycles. The zero-order valence-electron chi connectivity index (χ0n) is 12.9. The zero-order valence-corrected chi connectivity index (χ0v) is 12.9. The maximum absolute atomic E-state index is 13.1. The van der Waals surface area contributed by atoms with Crippen LogP contribution in [0.1, 0.15) is 35.7 Å². The molecule has 23 heavy (non-hydrogen) atoms. The number of alkyl halides is 3. The van der Waals surface area contributed by atoms with Gasteiger partial charge >= 0.3 is 6.18 Å². The molecule has 124 valence electrons. The van der Waals surface area contributed by atoms with Crippen molar-refractivity contribution in [3.63, 3.8) is 0 Å². The molecule has 0 bridgehead atoms. The first-order chi connectivity index (χ1) is 10.9. The third kappa shape index (κ3) is 3.55. The highest BCUT2D eigenvalue weighted by Crippen LogP contribution is 2.33. The van der Waals surface area contributed by atoms with Crippen LogP contribution in [0.25, 0.3) is 0 Å². The minimum atomic E-state index is -4.31. The van der Waals surface area contributed by atoms with Gasteiger partial charge in [0.15, 0.2) is 0 Å². The summed E-state index contributed by atoms with van der Waals surface area (Å²) in [5, 5.41) is 8.04. The minimum absolute atomic E-state index is 0.217. The molecule has 0 spiro atoms. The fourth-order valence-electron chi connectivity index (χ4n) is 3.25. The average molecular weight is 324 g/mol. The molecule has 2 aromatic rings. The summed E-state index contributed by atoms with van der Waals surface area (Å²) in [6.07, 6.45) is -0.710. The van der Waals surface area contributed by atoms with E-state index in [1.807, 2.05) is 11.6 Å². The van der Waals surface area contributed by atoms with Crippen LogP contribution in [-0.4, -0.2) is 32.8 Å². The molecule has 1 saturated heterocycles. The number of aromatic nitrogens is 3. The molecule has 1 aliphatic rings. The Bertz CT molecular complexity index is 665. The Morgan fingerprint density at radius 1 is 1.26 bits per heavy atom. The Morgan fingerprint density at radius 3 is 2.74 bits per heavy atom. The molecule has 4 nitrogen and oxygen atoms in total. The Morgan fingerprint density at radius 2 is 2.04 bits per heavy atom. The van der Waals surface area contributed by atoms with Gasteiger partial charge in [-0.25, -0.2) is 0 Å². The summed E-state index contributed by atoms with van der Waals surface area (Å²) < 4.78 is 41.2. The number of aryl methyl sites for hydroxylation is 1. The second-order valence-electron chi connectivity index (χ2n) is 6.03. The van der Waals surface area contributed by atoms with Gasteiger partial charge in [-0.1, -0.05) is 18.2 Å². The number of rotatable bonds is 3. The van der Waals surface area contributed by atoms with Crippen molar-refractivity contribution in [2.45, 2.75) is 31.5 Å². The molecule has 0 saturated carbocycles. The number of piperidine rings is 1. The number of hydrogen-bond acceptors (Lipinski definition) is 3. The van der Waals surface area contributed by atoms with Crippen LogP contribution < -0.4 is 0 Å². The lowest BCUT2D eigenvalue weighted by molar-refractivity contribution is -0.138. The summed E-state index contributed by atoms with van der Waals surface area (Å²) >= 11 is 0. The van der Waals surface area contributed by atoms with E-state index < -0.39 is 11.7 Å². The summed E-state index contributed by atoms with van der Waals surface area (Å²) in [5.74, 6) is 1.12. The lowest BCUT2D eigenvalue weighted by Crippen LogP contribution is -2.35. The smallest absolute Gasteiger partial charge is 0.320 e. The Hall–Kier alpha value is -1.89. The fourth-order valence-corrected chi connectivity index (χ4v) is 3.25. The van der Waals surface area contributed by atoms with Crippen LogP contribution in [-0.2, 0) is 19.8 Å². The molecule has 0 N–H and O–H groups in total. The largest absolute Gasteiger partial charge is 0.416 e. The van der Waals surface area contributed by atoms with Crippen LogP contribution in [0.4, 0.5) is 13.2 Å². The lowest BCUT2D eigenvalue weighted by Gasteiger charge is -2.32. The summed E-state index contributed by atoms with van der Waals surface area (Å²) in [6.45, 7) is 1.82. The SMILES string of the molecule is Cn1cnnc1C1CCCN(Cc2ccccc2C(F)(F)F)C1. The van der Waals surface area contributed by atoms with E-state index in [1.165, 1.54) is 6.07 Å². The topological polar surface area (TPSA) is 34.0 Å². The van der Waals surface area contributed by atoms with Crippen molar-refractivity contribution in [3.05, 3.63) is 47.5 Å². The number of likely N-dealkylation sites (tertiary alicyclic amines) is 1. The van der Waals surface area contributed by atoms with Gasteiger partial charge in [-0.15, -0.1) is 10.2 Å². The zero-order chi connectivity index (χ0) is 16.4. The van der Waals surface area contributed by atoms with Crippen molar-refractivity contribution in [1.82, 2.24) is 19.7 Å². The molecule has 3 rings (SSSR count). The normalized spacial score (nSPS) is 19.9. The van der Waals surface area contributed by atoms with Crippen LogP contribution in [0.3, 0.4) is 0 Å². The number of benzene rings is 1. The molecule has 0 aliphatic carbocycles. The van der Waals surface area contributed by atoms with Crippen molar-refractivity contribution in [2.75, 3.05) is 13.1 Å². The fraction of sp³-hybridized carbons (Fsp3) is 0.500. The number of halogens is 3.